The van der Waals surface area contributed by atoms with E-state index in [0.29, 0.717) is 22.7 Å². The van der Waals surface area contributed by atoms with Crippen LogP contribution in [0.2, 0.25) is 5.02 Å². The van der Waals surface area contributed by atoms with Crippen molar-refractivity contribution in [1.29, 1.82) is 0 Å². The van der Waals surface area contributed by atoms with Crippen molar-refractivity contribution in [3.8, 4) is 0 Å². The zero-order valence-corrected chi connectivity index (χ0v) is 17.8. The number of carbonyl (C=O) groups excluding carboxylic acids is 3. The van der Waals surface area contributed by atoms with E-state index >= 15 is 0 Å². The maximum absolute atomic E-state index is 13.1. The summed E-state index contributed by atoms with van der Waals surface area (Å²) in [6.45, 7) is 0.921. The quantitative estimate of drug-likeness (QED) is 0.698. The van der Waals surface area contributed by atoms with E-state index in [-0.39, 0.29) is 31.2 Å². The lowest BCUT2D eigenvalue weighted by Crippen LogP contribution is -2.31. The second kappa shape index (κ2) is 9.89. The van der Waals surface area contributed by atoms with Crippen LogP contribution < -0.4 is 10.2 Å². The third kappa shape index (κ3) is 5.36. The second-order valence-electron chi connectivity index (χ2n) is 6.80. The smallest absolute Gasteiger partial charge is 0.306 e. The molecule has 0 aliphatic carbocycles. The van der Waals surface area contributed by atoms with Gasteiger partial charge in [0, 0.05) is 35.0 Å². The molecular weight excluding hydrogens is 412 g/mol. The average molecular weight is 435 g/mol. The summed E-state index contributed by atoms with van der Waals surface area (Å²) in [7, 11) is 1.29. The minimum absolute atomic E-state index is 0.0317. The number of nitrogens with one attached hydrogen (secondary N) is 1. The third-order valence-corrected chi connectivity index (χ3v) is 6.18. The van der Waals surface area contributed by atoms with Crippen molar-refractivity contribution >= 4 is 46.4 Å². The molecule has 154 valence electrons. The lowest BCUT2D eigenvalue weighted by molar-refractivity contribution is -0.142. The molecule has 29 heavy (non-hydrogen) atoms. The van der Waals surface area contributed by atoms with Gasteiger partial charge in [-0.1, -0.05) is 17.7 Å². The summed E-state index contributed by atoms with van der Waals surface area (Å²) in [4.78, 5) is 39.1. The number of rotatable bonds is 6. The molecule has 1 aliphatic rings. The summed E-state index contributed by atoms with van der Waals surface area (Å²) in [6.07, 6.45) is 3.14. The molecule has 8 heteroatoms. The molecule has 2 heterocycles. The molecule has 0 saturated carbocycles. The topological polar surface area (TPSA) is 75.7 Å². The fourth-order valence-electron chi connectivity index (χ4n) is 3.23. The number of ether oxygens (including phenoxy) is 1. The highest BCUT2D eigenvalue weighted by molar-refractivity contribution is 7.10. The lowest BCUT2D eigenvalue weighted by Gasteiger charge is -2.21. The zero-order chi connectivity index (χ0) is 20.8. The number of methoxy groups -OCH3 is 1. The van der Waals surface area contributed by atoms with Crippen LogP contribution in [0.25, 0.3) is 0 Å². The molecule has 1 aromatic carbocycles. The Morgan fingerprint density at radius 2 is 2.03 bits per heavy atom. The lowest BCUT2D eigenvalue weighted by atomic mass is 10.1. The fraction of sp³-hybridized carbons (Fsp3) is 0.381. The number of thiophene rings is 1. The SMILES string of the molecule is COC(=O)CCC(=O)NCc1ccc(C(=O)N2CCCCc3sccc32)cc1Cl. The minimum Gasteiger partial charge on any atom is -0.469 e. The Hall–Kier alpha value is -2.38. The number of hydrogen-bond acceptors (Lipinski definition) is 5. The van der Waals surface area contributed by atoms with E-state index in [4.69, 9.17) is 11.6 Å². The second-order valence-corrected chi connectivity index (χ2v) is 8.21. The first-order chi connectivity index (χ1) is 14.0. The fourth-order valence-corrected chi connectivity index (χ4v) is 4.40. The highest BCUT2D eigenvalue weighted by atomic mass is 35.5. The van der Waals surface area contributed by atoms with Crippen LogP contribution in [0.3, 0.4) is 0 Å². The van der Waals surface area contributed by atoms with Gasteiger partial charge in [0.05, 0.1) is 19.2 Å². The van der Waals surface area contributed by atoms with E-state index in [1.54, 1.807) is 29.5 Å². The normalized spacial score (nSPS) is 13.4. The van der Waals surface area contributed by atoms with Crippen LogP contribution in [-0.4, -0.2) is 31.4 Å². The molecule has 1 aromatic heterocycles. The minimum atomic E-state index is -0.427. The van der Waals surface area contributed by atoms with Crippen LogP contribution in [-0.2, 0) is 27.3 Å². The van der Waals surface area contributed by atoms with E-state index < -0.39 is 5.97 Å². The molecule has 0 atom stereocenters. The van der Waals surface area contributed by atoms with Gasteiger partial charge in [0.25, 0.3) is 5.91 Å². The molecule has 0 saturated heterocycles. The van der Waals surface area contributed by atoms with Crippen LogP contribution in [0.4, 0.5) is 5.69 Å². The number of hydrogen-bond donors (Lipinski definition) is 1. The molecule has 0 spiro atoms. The number of benzene rings is 1. The molecule has 2 aromatic rings. The average Bonchev–Trinajstić information content (AvgIpc) is 3.09. The van der Waals surface area contributed by atoms with E-state index in [2.05, 4.69) is 10.1 Å². The summed E-state index contributed by atoms with van der Waals surface area (Å²) in [5.41, 5.74) is 2.23. The molecular formula is C21H23ClN2O4S. The van der Waals surface area contributed by atoms with Crippen molar-refractivity contribution in [2.24, 2.45) is 0 Å². The summed E-state index contributed by atoms with van der Waals surface area (Å²) in [5, 5.41) is 5.17. The molecule has 3 rings (SSSR count). The highest BCUT2D eigenvalue weighted by Gasteiger charge is 2.23. The van der Waals surface area contributed by atoms with Crippen LogP contribution in [0.15, 0.2) is 29.6 Å². The number of anilines is 1. The van der Waals surface area contributed by atoms with E-state index in [9.17, 15) is 14.4 Å². The van der Waals surface area contributed by atoms with Gasteiger partial charge < -0.3 is 15.0 Å². The first-order valence-corrected chi connectivity index (χ1v) is 10.8. The first-order valence-electron chi connectivity index (χ1n) is 9.49. The van der Waals surface area contributed by atoms with Gasteiger partial charge in [-0.05, 0) is 48.4 Å². The number of amides is 2. The van der Waals surface area contributed by atoms with Gasteiger partial charge in [-0.25, -0.2) is 0 Å². The summed E-state index contributed by atoms with van der Waals surface area (Å²) < 4.78 is 4.52. The zero-order valence-electron chi connectivity index (χ0n) is 16.2. The van der Waals surface area contributed by atoms with Crippen molar-refractivity contribution in [1.82, 2.24) is 5.32 Å². The van der Waals surface area contributed by atoms with Gasteiger partial charge in [0.15, 0.2) is 0 Å². The first kappa shape index (κ1) is 21.3. The van der Waals surface area contributed by atoms with Gasteiger partial charge in [-0.15, -0.1) is 11.3 Å². The maximum atomic E-state index is 13.1. The van der Waals surface area contributed by atoms with Gasteiger partial charge in [0.2, 0.25) is 5.91 Å². The molecule has 1 N–H and O–H groups in total. The summed E-state index contributed by atoms with van der Waals surface area (Å²) in [6, 6.07) is 7.14. The van der Waals surface area contributed by atoms with Crippen molar-refractivity contribution < 1.29 is 19.1 Å². The molecule has 6 nitrogen and oxygen atoms in total. The van der Waals surface area contributed by atoms with Gasteiger partial charge in [-0.2, -0.15) is 0 Å². The number of aryl methyl sites for hydroxylation is 1. The molecule has 0 unspecified atom stereocenters. The predicted molar refractivity (Wildman–Crippen MR) is 113 cm³/mol. The van der Waals surface area contributed by atoms with Gasteiger partial charge in [-0.3, -0.25) is 14.4 Å². The van der Waals surface area contributed by atoms with Crippen LogP contribution >= 0.6 is 22.9 Å². The monoisotopic (exact) mass is 434 g/mol. The Balaban J connectivity index is 1.64. The van der Waals surface area contributed by atoms with E-state index in [1.165, 1.54) is 12.0 Å². The van der Waals surface area contributed by atoms with Crippen molar-refractivity contribution in [3.05, 3.63) is 50.7 Å². The third-order valence-electron chi connectivity index (χ3n) is 4.85. The van der Waals surface area contributed by atoms with Crippen molar-refractivity contribution in [2.45, 2.75) is 38.6 Å². The Morgan fingerprint density at radius 1 is 1.21 bits per heavy atom. The van der Waals surface area contributed by atoms with Crippen LogP contribution in [0, 0.1) is 0 Å². The largest absolute Gasteiger partial charge is 0.469 e. The summed E-state index contributed by atoms with van der Waals surface area (Å²) in [5.74, 6) is -0.758. The number of halogens is 1. The molecule has 0 fully saturated rings. The number of esters is 1. The van der Waals surface area contributed by atoms with Crippen LogP contribution in [0.1, 0.15) is 46.5 Å². The number of nitrogens with zero attached hydrogens (tertiary/aromatic N) is 1. The van der Waals surface area contributed by atoms with Crippen LogP contribution in [0.5, 0.6) is 0 Å². The Bertz CT molecular complexity index is 912. The molecule has 2 amide bonds. The van der Waals surface area contributed by atoms with Crippen molar-refractivity contribution in [2.75, 3.05) is 18.6 Å². The van der Waals surface area contributed by atoms with E-state index in [1.807, 2.05) is 16.3 Å². The van der Waals surface area contributed by atoms with Crippen molar-refractivity contribution in [3.63, 3.8) is 0 Å². The van der Waals surface area contributed by atoms with Gasteiger partial charge >= 0.3 is 5.97 Å². The Kier molecular flexibility index (Phi) is 7.28. The molecule has 1 aliphatic heterocycles. The molecule has 0 bridgehead atoms. The predicted octanol–water partition coefficient (Wildman–Crippen LogP) is 3.95. The Labute approximate surface area is 178 Å². The highest BCUT2D eigenvalue weighted by Crippen LogP contribution is 2.32. The molecule has 0 radical (unpaired) electrons. The van der Waals surface area contributed by atoms with Gasteiger partial charge in [0.1, 0.15) is 0 Å². The Morgan fingerprint density at radius 3 is 2.79 bits per heavy atom. The maximum Gasteiger partial charge on any atom is 0.306 e. The summed E-state index contributed by atoms with van der Waals surface area (Å²) >= 11 is 8.05. The number of carbonyl (C=O) groups is 3. The van der Waals surface area contributed by atoms with E-state index in [0.717, 1.165) is 24.9 Å². The standard InChI is InChI=1S/C21H23ClN2O4S/c1-28-20(26)8-7-19(25)23-13-15-6-5-14(12-16(15)22)21(27)24-10-3-2-4-18-17(24)9-11-29-18/h5-6,9,11-12H,2-4,7-8,10,13H2,1H3,(H,23,25). The number of fused-ring (bicyclic) bond motifs is 1.